The molecular formula is C20H20Cl3O3P. The van der Waals surface area contributed by atoms with Crippen LogP contribution in [0.25, 0.3) is 0 Å². The molecule has 0 bridgehead atoms. The Bertz CT molecular complexity index is 926. The highest BCUT2D eigenvalue weighted by Crippen LogP contribution is 2.59. The molecule has 0 saturated carbocycles. The van der Waals surface area contributed by atoms with E-state index >= 15 is 0 Å². The van der Waals surface area contributed by atoms with Crippen molar-refractivity contribution in [3.05, 3.63) is 67.7 Å². The van der Waals surface area contributed by atoms with Crippen LogP contribution in [-0.2, 0) is 4.57 Å². The van der Waals surface area contributed by atoms with E-state index in [1.807, 2.05) is 6.07 Å². The second-order valence-electron chi connectivity index (χ2n) is 6.54. The summed E-state index contributed by atoms with van der Waals surface area (Å²) in [5.41, 5.74) is -0.592. The van der Waals surface area contributed by atoms with Gasteiger partial charge in [-0.3, -0.25) is 9.59 Å². The Balaban J connectivity index is 2.74. The standard InChI is InChI=1S/C20H20Cl3O3P/c1-5-13(4)27(26,19(24)17-11(2)7-6-8-12(17)3)20(25)18-15(22)9-14(21)10-16(18)23/h6-10,13H,5H2,1-4H3. The molecule has 2 aromatic rings. The highest BCUT2D eigenvalue weighted by Gasteiger charge is 2.46. The van der Waals surface area contributed by atoms with Crippen molar-refractivity contribution in [2.75, 3.05) is 0 Å². The summed E-state index contributed by atoms with van der Waals surface area (Å²) in [6, 6.07) is 8.03. The van der Waals surface area contributed by atoms with Crippen molar-refractivity contribution in [1.29, 1.82) is 0 Å². The maximum Gasteiger partial charge on any atom is 0.232 e. The van der Waals surface area contributed by atoms with Crippen LogP contribution >= 0.6 is 41.9 Å². The average Bonchev–Trinajstić information content (AvgIpc) is 2.58. The maximum atomic E-state index is 14.0. The van der Waals surface area contributed by atoms with E-state index in [4.69, 9.17) is 34.8 Å². The summed E-state index contributed by atoms with van der Waals surface area (Å²) in [4.78, 5) is 26.8. The average molecular weight is 446 g/mol. The van der Waals surface area contributed by atoms with Crippen LogP contribution in [0.2, 0.25) is 15.1 Å². The molecule has 0 saturated heterocycles. The van der Waals surface area contributed by atoms with Crippen LogP contribution in [-0.4, -0.2) is 16.7 Å². The van der Waals surface area contributed by atoms with Gasteiger partial charge in [-0.25, -0.2) is 0 Å². The molecule has 0 N–H and O–H groups in total. The zero-order valence-electron chi connectivity index (χ0n) is 15.5. The Labute approximate surface area is 174 Å². The summed E-state index contributed by atoms with van der Waals surface area (Å²) >= 11 is 18.3. The largest absolute Gasteiger partial charge is 0.306 e. The summed E-state index contributed by atoms with van der Waals surface area (Å²) in [6.45, 7) is 6.94. The number of carbonyl (C=O) groups is 2. The van der Waals surface area contributed by atoms with E-state index in [9.17, 15) is 14.2 Å². The first-order valence-corrected chi connectivity index (χ1v) is 11.4. The summed E-state index contributed by atoms with van der Waals surface area (Å²) in [5, 5.41) is 0.215. The lowest BCUT2D eigenvalue weighted by Gasteiger charge is -2.24. The lowest BCUT2D eigenvalue weighted by Crippen LogP contribution is -2.21. The van der Waals surface area contributed by atoms with Gasteiger partial charge in [0.2, 0.25) is 18.2 Å². The van der Waals surface area contributed by atoms with E-state index in [2.05, 4.69) is 0 Å². The van der Waals surface area contributed by atoms with Crippen molar-refractivity contribution in [2.24, 2.45) is 0 Å². The van der Waals surface area contributed by atoms with Crippen LogP contribution in [0.3, 0.4) is 0 Å². The Kier molecular flexibility index (Phi) is 6.97. The van der Waals surface area contributed by atoms with Gasteiger partial charge in [-0.15, -0.1) is 0 Å². The number of benzene rings is 2. The fraction of sp³-hybridized carbons (Fsp3) is 0.300. The molecule has 2 atom stereocenters. The van der Waals surface area contributed by atoms with E-state index in [0.717, 1.165) is 0 Å². The second kappa shape index (κ2) is 8.49. The van der Waals surface area contributed by atoms with Crippen LogP contribution in [0.4, 0.5) is 0 Å². The first kappa shape index (κ1) is 22.2. The Hall–Kier alpha value is -1.12. The number of hydrogen-bond donors (Lipinski definition) is 0. The van der Waals surface area contributed by atoms with E-state index < -0.39 is 23.8 Å². The van der Waals surface area contributed by atoms with Crippen LogP contribution in [0.15, 0.2) is 30.3 Å². The molecule has 3 nitrogen and oxygen atoms in total. The van der Waals surface area contributed by atoms with Crippen LogP contribution in [0.5, 0.6) is 0 Å². The molecule has 0 radical (unpaired) electrons. The lowest BCUT2D eigenvalue weighted by atomic mass is 10.0. The molecule has 0 amide bonds. The first-order chi connectivity index (χ1) is 12.5. The predicted molar refractivity (Wildman–Crippen MR) is 113 cm³/mol. The van der Waals surface area contributed by atoms with Gasteiger partial charge in [0.25, 0.3) is 0 Å². The minimum atomic E-state index is -4.05. The molecule has 27 heavy (non-hydrogen) atoms. The number of aryl methyl sites for hydroxylation is 2. The summed E-state index contributed by atoms with van der Waals surface area (Å²) in [7, 11) is -4.05. The van der Waals surface area contributed by atoms with Crippen molar-refractivity contribution < 1.29 is 14.2 Å². The molecule has 0 aliphatic rings. The summed E-state index contributed by atoms with van der Waals surface area (Å²) < 4.78 is 14.0. The minimum absolute atomic E-state index is 0.0182. The van der Waals surface area contributed by atoms with Crippen molar-refractivity contribution in [2.45, 2.75) is 39.8 Å². The predicted octanol–water partition coefficient (Wildman–Crippen LogP) is 7.41. The van der Waals surface area contributed by atoms with E-state index in [-0.39, 0.29) is 20.6 Å². The number of carbonyl (C=O) groups excluding carboxylic acids is 2. The van der Waals surface area contributed by atoms with Crippen LogP contribution < -0.4 is 0 Å². The SMILES string of the molecule is CCC(C)P(=O)(C(=O)c1c(C)cccc1C)C(=O)c1c(Cl)cc(Cl)cc1Cl. The summed E-state index contributed by atoms with van der Waals surface area (Å²) in [6.07, 6.45) is 0.391. The van der Waals surface area contributed by atoms with Crippen LogP contribution in [0, 0.1) is 13.8 Å². The topological polar surface area (TPSA) is 51.2 Å². The van der Waals surface area contributed by atoms with E-state index in [1.165, 1.54) is 12.1 Å². The third kappa shape index (κ3) is 4.03. The zero-order valence-corrected chi connectivity index (χ0v) is 18.6. The molecule has 2 unspecified atom stereocenters. The second-order valence-corrected chi connectivity index (χ2v) is 10.8. The van der Waals surface area contributed by atoms with Gasteiger partial charge in [0.15, 0.2) is 0 Å². The first-order valence-electron chi connectivity index (χ1n) is 8.45. The molecule has 2 rings (SSSR count). The van der Waals surface area contributed by atoms with Crippen molar-refractivity contribution >= 4 is 53.0 Å². The van der Waals surface area contributed by atoms with Gasteiger partial charge < -0.3 is 4.57 Å². The number of hydrogen-bond acceptors (Lipinski definition) is 3. The molecule has 0 spiro atoms. The van der Waals surface area contributed by atoms with Gasteiger partial charge in [-0.05, 0) is 43.5 Å². The smallest absolute Gasteiger partial charge is 0.232 e. The fourth-order valence-electron chi connectivity index (χ4n) is 2.98. The lowest BCUT2D eigenvalue weighted by molar-refractivity contribution is 0.103. The maximum absolute atomic E-state index is 14.0. The van der Waals surface area contributed by atoms with Gasteiger partial charge in [0.05, 0.1) is 15.6 Å². The molecule has 0 heterocycles. The van der Waals surface area contributed by atoms with Crippen molar-refractivity contribution in [3.63, 3.8) is 0 Å². The number of rotatable bonds is 6. The highest BCUT2D eigenvalue weighted by molar-refractivity contribution is 7.96. The minimum Gasteiger partial charge on any atom is -0.306 e. The molecule has 144 valence electrons. The van der Waals surface area contributed by atoms with E-state index in [1.54, 1.807) is 39.8 Å². The fourth-order valence-corrected chi connectivity index (χ4v) is 6.86. The highest BCUT2D eigenvalue weighted by atomic mass is 35.5. The monoisotopic (exact) mass is 444 g/mol. The van der Waals surface area contributed by atoms with Gasteiger partial charge >= 0.3 is 0 Å². The molecule has 0 fully saturated rings. The molecule has 0 aliphatic carbocycles. The normalized spacial score (nSPS) is 14.5. The summed E-state index contributed by atoms with van der Waals surface area (Å²) in [5.74, 6) is 0. The molecular weight excluding hydrogens is 426 g/mol. The Morgan fingerprint density at radius 3 is 1.85 bits per heavy atom. The zero-order chi connectivity index (χ0) is 20.5. The molecule has 2 aromatic carbocycles. The number of halogens is 3. The third-order valence-corrected chi connectivity index (χ3v) is 8.81. The van der Waals surface area contributed by atoms with Gasteiger partial charge in [0.1, 0.15) is 0 Å². The van der Waals surface area contributed by atoms with Crippen LogP contribution in [0.1, 0.15) is 52.1 Å². The molecule has 7 heteroatoms. The Morgan fingerprint density at radius 1 is 0.963 bits per heavy atom. The van der Waals surface area contributed by atoms with Crippen molar-refractivity contribution in [1.82, 2.24) is 0 Å². The third-order valence-electron chi connectivity index (χ3n) is 4.73. The van der Waals surface area contributed by atoms with E-state index in [0.29, 0.717) is 23.1 Å². The molecule has 0 aliphatic heterocycles. The van der Waals surface area contributed by atoms with Gasteiger partial charge in [-0.1, -0.05) is 66.8 Å². The molecule has 0 aromatic heterocycles. The van der Waals surface area contributed by atoms with Crippen molar-refractivity contribution in [3.8, 4) is 0 Å². The van der Waals surface area contributed by atoms with Gasteiger partial charge in [-0.2, -0.15) is 0 Å². The van der Waals surface area contributed by atoms with Gasteiger partial charge in [0, 0.05) is 16.2 Å². The quantitative estimate of drug-likeness (QED) is 0.435. The Morgan fingerprint density at radius 2 is 1.41 bits per heavy atom.